The Morgan fingerprint density at radius 1 is 1.21 bits per heavy atom. The SMILES string of the molecule is COc1ccc(C[As]c2cc(CO)cc(Cl)n2)cc1. The van der Waals surface area contributed by atoms with Gasteiger partial charge in [-0.1, -0.05) is 0 Å². The van der Waals surface area contributed by atoms with E-state index in [0.717, 1.165) is 21.0 Å². The molecule has 0 bridgehead atoms. The van der Waals surface area contributed by atoms with Crippen molar-refractivity contribution in [1.29, 1.82) is 0 Å². The number of halogens is 1. The van der Waals surface area contributed by atoms with E-state index in [2.05, 4.69) is 17.1 Å². The Labute approximate surface area is 124 Å². The molecule has 0 aliphatic carbocycles. The molecule has 0 aliphatic rings. The van der Waals surface area contributed by atoms with Crippen molar-refractivity contribution in [3.05, 3.63) is 52.7 Å². The van der Waals surface area contributed by atoms with Crippen LogP contribution in [0.15, 0.2) is 36.4 Å². The van der Waals surface area contributed by atoms with Crippen LogP contribution >= 0.6 is 11.6 Å². The predicted molar refractivity (Wildman–Crippen MR) is 77.3 cm³/mol. The van der Waals surface area contributed by atoms with Gasteiger partial charge < -0.3 is 0 Å². The number of benzene rings is 1. The molecule has 1 N–H and O–H groups in total. The van der Waals surface area contributed by atoms with E-state index in [4.69, 9.17) is 21.4 Å². The molecule has 1 aromatic carbocycles. The normalized spacial score (nSPS) is 11.1. The average molecular weight is 339 g/mol. The van der Waals surface area contributed by atoms with Gasteiger partial charge in [0.05, 0.1) is 0 Å². The second kappa shape index (κ2) is 6.95. The van der Waals surface area contributed by atoms with Crippen LogP contribution in [0.1, 0.15) is 11.1 Å². The van der Waals surface area contributed by atoms with Crippen molar-refractivity contribution in [2.45, 2.75) is 11.8 Å². The van der Waals surface area contributed by atoms with E-state index >= 15 is 0 Å². The molecule has 2 aromatic rings. The number of rotatable bonds is 5. The van der Waals surface area contributed by atoms with Gasteiger partial charge >= 0.3 is 124 Å². The Kier molecular flexibility index (Phi) is 5.26. The molecule has 0 saturated heterocycles. The molecule has 1 radical (unpaired) electrons. The molecule has 99 valence electrons. The van der Waals surface area contributed by atoms with Gasteiger partial charge in [-0.05, 0) is 0 Å². The monoisotopic (exact) mass is 338 g/mol. The van der Waals surface area contributed by atoms with E-state index in [1.165, 1.54) is 5.56 Å². The Morgan fingerprint density at radius 3 is 2.58 bits per heavy atom. The van der Waals surface area contributed by atoms with Gasteiger partial charge in [0.15, 0.2) is 0 Å². The van der Waals surface area contributed by atoms with Crippen LogP contribution in [0, 0.1) is 0 Å². The van der Waals surface area contributed by atoms with Gasteiger partial charge in [0.1, 0.15) is 0 Å². The van der Waals surface area contributed by atoms with Crippen LogP contribution in [0.2, 0.25) is 5.15 Å². The Morgan fingerprint density at radius 2 is 1.95 bits per heavy atom. The van der Waals surface area contributed by atoms with Gasteiger partial charge in [0.25, 0.3) is 0 Å². The summed E-state index contributed by atoms with van der Waals surface area (Å²) in [6.07, 6.45) is 0. The summed E-state index contributed by atoms with van der Waals surface area (Å²) in [5.74, 6) is 0.864. The van der Waals surface area contributed by atoms with E-state index < -0.39 is 0 Å². The molecule has 1 aromatic heterocycles. The van der Waals surface area contributed by atoms with Gasteiger partial charge in [-0.25, -0.2) is 0 Å². The van der Waals surface area contributed by atoms with Crippen molar-refractivity contribution >= 4 is 31.8 Å². The molecule has 0 spiro atoms. The number of hydrogen-bond acceptors (Lipinski definition) is 3. The number of aliphatic hydroxyl groups is 1. The number of methoxy groups -OCH3 is 1. The first-order valence-electron chi connectivity index (χ1n) is 5.79. The zero-order chi connectivity index (χ0) is 13.7. The molecule has 0 amide bonds. The van der Waals surface area contributed by atoms with E-state index in [-0.39, 0.29) is 22.4 Å². The van der Waals surface area contributed by atoms with Crippen LogP contribution in [0.5, 0.6) is 5.75 Å². The van der Waals surface area contributed by atoms with E-state index in [1.54, 1.807) is 13.2 Å². The molecule has 0 aliphatic heterocycles. The second-order valence-electron chi connectivity index (χ2n) is 3.98. The number of aliphatic hydroxyl groups excluding tert-OH is 1. The third kappa shape index (κ3) is 4.24. The minimum atomic E-state index is -0.0990. The summed E-state index contributed by atoms with van der Waals surface area (Å²) in [6.45, 7) is -0.00110. The Hall–Kier alpha value is -1.02. The van der Waals surface area contributed by atoms with Crippen LogP contribution in [0.25, 0.3) is 0 Å². The summed E-state index contributed by atoms with van der Waals surface area (Å²) >= 11 is 5.83. The molecule has 0 saturated carbocycles. The van der Waals surface area contributed by atoms with Gasteiger partial charge in [0.2, 0.25) is 0 Å². The van der Waals surface area contributed by atoms with Crippen LogP contribution in [0.3, 0.4) is 0 Å². The molecule has 19 heavy (non-hydrogen) atoms. The van der Waals surface area contributed by atoms with Crippen LogP contribution in [0.4, 0.5) is 0 Å². The average Bonchev–Trinajstić information content (AvgIpc) is 2.45. The van der Waals surface area contributed by atoms with E-state index in [0.29, 0.717) is 5.15 Å². The van der Waals surface area contributed by atoms with Gasteiger partial charge in [-0.2, -0.15) is 0 Å². The fourth-order valence-electron chi connectivity index (χ4n) is 1.61. The predicted octanol–water partition coefficient (Wildman–Crippen LogP) is 1.77. The first kappa shape index (κ1) is 14.4. The molecule has 2 rings (SSSR count). The summed E-state index contributed by atoms with van der Waals surface area (Å²) in [5, 5.41) is 10.6. The van der Waals surface area contributed by atoms with Crippen molar-refractivity contribution in [2.24, 2.45) is 0 Å². The summed E-state index contributed by atoms with van der Waals surface area (Å²) in [7, 11) is 1.66. The summed E-state index contributed by atoms with van der Waals surface area (Å²) in [5.41, 5.74) is 2.08. The van der Waals surface area contributed by atoms with Crippen molar-refractivity contribution in [2.75, 3.05) is 7.11 Å². The van der Waals surface area contributed by atoms with Crippen LogP contribution < -0.4 is 9.22 Å². The number of hydrogen-bond donors (Lipinski definition) is 1. The molecule has 0 atom stereocenters. The van der Waals surface area contributed by atoms with Gasteiger partial charge in [0, 0.05) is 0 Å². The molecular formula is C14H14AsClNO2. The van der Waals surface area contributed by atoms with Crippen LogP contribution in [-0.4, -0.2) is 33.0 Å². The standard InChI is InChI=1S/C14H14AsClNO2/c1-19-12-4-2-10(3-5-12)8-15-13-6-11(9-18)7-14(16)17-13/h2-7,18H,8-9H2,1H3. The minimum absolute atomic E-state index is 0.00110. The molecular weight excluding hydrogens is 325 g/mol. The fraction of sp³-hybridized carbons (Fsp3) is 0.214. The maximum absolute atomic E-state index is 9.14. The molecule has 3 nitrogen and oxygen atoms in total. The first-order chi connectivity index (χ1) is 9.21. The second-order valence-corrected chi connectivity index (χ2v) is 6.65. The number of aromatic nitrogens is 1. The third-order valence-corrected chi connectivity index (χ3v) is 5.06. The van der Waals surface area contributed by atoms with Gasteiger partial charge in [-0.15, -0.1) is 0 Å². The Balaban J connectivity index is 2.03. The number of nitrogens with zero attached hydrogens (tertiary/aromatic N) is 1. The van der Waals surface area contributed by atoms with E-state index in [1.807, 2.05) is 18.2 Å². The molecule has 5 heteroatoms. The topological polar surface area (TPSA) is 42.4 Å². The zero-order valence-electron chi connectivity index (χ0n) is 10.5. The zero-order valence-corrected chi connectivity index (χ0v) is 13.1. The first-order valence-corrected chi connectivity index (χ1v) is 8.43. The van der Waals surface area contributed by atoms with Crippen molar-refractivity contribution < 1.29 is 9.84 Å². The van der Waals surface area contributed by atoms with Crippen molar-refractivity contribution in [3.63, 3.8) is 0 Å². The van der Waals surface area contributed by atoms with Crippen LogP contribution in [-0.2, 0) is 11.8 Å². The summed E-state index contributed by atoms with van der Waals surface area (Å²) in [6, 6.07) is 11.7. The third-order valence-electron chi connectivity index (χ3n) is 2.61. The number of pyridine rings is 1. The maximum atomic E-state index is 9.14. The quantitative estimate of drug-likeness (QED) is 0.667. The van der Waals surface area contributed by atoms with Gasteiger partial charge in [-0.3, -0.25) is 0 Å². The summed E-state index contributed by atoms with van der Waals surface area (Å²) < 4.78 is 6.12. The van der Waals surface area contributed by atoms with E-state index in [9.17, 15) is 0 Å². The molecule has 0 fully saturated rings. The van der Waals surface area contributed by atoms with Crippen molar-refractivity contribution in [3.8, 4) is 5.75 Å². The molecule has 1 heterocycles. The molecule has 0 unspecified atom stereocenters. The number of ether oxygens (including phenoxy) is 1. The fourth-order valence-corrected chi connectivity index (χ4v) is 4.05. The van der Waals surface area contributed by atoms with Crippen molar-refractivity contribution in [1.82, 2.24) is 4.98 Å². The Bertz CT molecular complexity index is 546. The summed E-state index contributed by atoms with van der Waals surface area (Å²) in [4.78, 5) is 4.30.